The summed E-state index contributed by atoms with van der Waals surface area (Å²) in [5.41, 5.74) is 2.07. The highest BCUT2D eigenvalue weighted by Crippen LogP contribution is 2.28. The van der Waals surface area contributed by atoms with Crippen molar-refractivity contribution in [3.8, 4) is 5.75 Å². The van der Waals surface area contributed by atoms with Crippen LogP contribution in [0.5, 0.6) is 5.75 Å². The van der Waals surface area contributed by atoms with Gasteiger partial charge in [0.05, 0.1) is 6.61 Å². The molecule has 1 aliphatic rings. The van der Waals surface area contributed by atoms with Gasteiger partial charge >= 0.3 is 6.03 Å². The van der Waals surface area contributed by atoms with E-state index >= 15 is 0 Å². The minimum atomic E-state index is -0.503. The second-order valence-corrected chi connectivity index (χ2v) is 5.21. The largest absolute Gasteiger partial charge is 0.493 e. The summed E-state index contributed by atoms with van der Waals surface area (Å²) in [4.78, 5) is 25.1. The number of hydrogen-bond donors (Lipinski definition) is 2. The molecule has 1 heterocycles. The SMILES string of the molecule is CCCOc1cc(N(CC)CC)ccc1C=C1NC(=O)NC1=O. The Bertz CT molecular complexity index is 622. The van der Waals surface area contributed by atoms with E-state index in [1.165, 1.54) is 0 Å². The predicted molar refractivity (Wildman–Crippen MR) is 90.4 cm³/mol. The summed E-state index contributed by atoms with van der Waals surface area (Å²) in [6, 6.07) is 5.37. The third-order valence-corrected chi connectivity index (χ3v) is 3.61. The van der Waals surface area contributed by atoms with Crippen molar-refractivity contribution in [2.75, 3.05) is 24.6 Å². The highest BCUT2D eigenvalue weighted by atomic mass is 16.5. The Balaban J connectivity index is 2.36. The molecule has 6 heteroatoms. The lowest BCUT2D eigenvalue weighted by Gasteiger charge is -2.22. The molecule has 0 unspecified atom stereocenters. The smallest absolute Gasteiger partial charge is 0.326 e. The van der Waals surface area contributed by atoms with Gasteiger partial charge in [0.2, 0.25) is 0 Å². The number of nitrogens with one attached hydrogen (secondary N) is 2. The maximum absolute atomic E-state index is 11.7. The average Bonchev–Trinajstić information content (AvgIpc) is 2.85. The molecule has 1 saturated heterocycles. The monoisotopic (exact) mass is 317 g/mol. The Morgan fingerprint density at radius 3 is 2.43 bits per heavy atom. The van der Waals surface area contributed by atoms with Gasteiger partial charge in [-0.25, -0.2) is 4.79 Å². The predicted octanol–water partition coefficient (Wildman–Crippen LogP) is 2.50. The van der Waals surface area contributed by atoms with Crippen molar-refractivity contribution < 1.29 is 14.3 Å². The summed E-state index contributed by atoms with van der Waals surface area (Å²) < 4.78 is 5.82. The fourth-order valence-electron chi connectivity index (χ4n) is 2.40. The number of carbonyl (C=O) groups excluding carboxylic acids is 2. The number of imide groups is 1. The molecule has 0 spiro atoms. The number of ether oxygens (including phenoxy) is 1. The van der Waals surface area contributed by atoms with Crippen molar-refractivity contribution in [2.24, 2.45) is 0 Å². The normalized spacial score (nSPS) is 15.5. The van der Waals surface area contributed by atoms with Crippen LogP contribution in [0.25, 0.3) is 6.08 Å². The van der Waals surface area contributed by atoms with Gasteiger partial charge < -0.3 is 15.0 Å². The molecule has 0 aliphatic carbocycles. The molecular formula is C17H23N3O3. The van der Waals surface area contributed by atoms with Gasteiger partial charge in [0.25, 0.3) is 5.91 Å². The van der Waals surface area contributed by atoms with E-state index in [0.717, 1.165) is 30.8 Å². The third-order valence-electron chi connectivity index (χ3n) is 3.61. The van der Waals surface area contributed by atoms with Crippen molar-refractivity contribution in [1.29, 1.82) is 0 Å². The molecule has 6 nitrogen and oxygen atoms in total. The minimum Gasteiger partial charge on any atom is -0.493 e. The van der Waals surface area contributed by atoms with E-state index in [1.807, 2.05) is 25.1 Å². The number of urea groups is 1. The van der Waals surface area contributed by atoms with Crippen molar-refractivity contribution in [3.05, 3.63) is 29.5 Å². The molecule has 1 fully saturated rings. The van der Waals surface area contributed by atoms with Crippen molar-refractivity contribution in [2.45, 2.75) is 27.2 Å². The van der Waals surface area contributed by atoms with Crippen molar-refractivity contribution >= 4 is 23.7 Å². The number of hydrogen-bond acceptors (Lipinski definition) is 4. The molecule has 2 rings (SSSR count). The summed E-state index contributed by atoms with van der Waals surface area (Å²) in [7, 11) is 0. The minimum absolute atomic E-state index is 0.229. The molecule has 0 saturated carbocycles. The number of anilines is 1. The standard InChI is InChI=1S/C17H23N3O3/c1-4-9-23-15-11-13(20(5-2)6-3)8-7-12(15)10-14-16(21)19-17(22)18-14/h7-8,10-11H,4-6,9H2,1-3H3,(H2,18,19,21,22). The third kappa shape index (κ3) is 4.03. The Morgan fingerprint density at radius 2 is 1.87 bits per heavy atom. The average molecular weight is 317 g/mol. The first-order chi connectivity index (χ1) is 11.1. The van der Waals surface area contributed by atoms with E-state index < -0.39 is 11.9 Å². The lowest BCUT2D eigenvalue weighted by molar-refractivity contribution is -0.115. The van der Waals surface area contributed by atoms with Crippen LogP contribution in [-0.4, -0.2) is 31.6 Å². The van der Waals surface area contributed by atoms with Crippen LogP contribution >= 0.6 is 0 Å². The zero-order valence-electron chi connectivity index (χ0n) is 13.8. The summed E-state index contributed by atoms with van der Waals surface area (Å²) in [5, 5.41) is 4.68. The van der Waals surface area contributed by atoms with E-state index in [2.05, 4.69) is 29.4 Å². The first-order valence-corrected chi connectivity index (χ1v) is 7.94. The summed E-state index contributed by atoms with van der Waals surface area (Å²) in [5.74, 6) is 0.280. The van der Waals surface area contributed by atoms with Gasteiger partial charge in [0, 0.05) is 30.4 Å². The number of benzene rings is 1. The van der Waals surface area contributed by atoms with Gasteiger partial charge in [-0.05, 0) is 38.5 Å². The highest BCUT2D eigenvalue weighted by molar-refractivity contribution is 6.14. The molecule has 0 atom stereocenters. The fraction of sp³-hybridized carbons (Fsp3) is 0.412. The number of rotatable bonds is 7. The van der Waals surface area contributed by atoms with Crippen LogP contribution in [-0.2, 0) is 4.79 Å². The van der Waals surface area contributed by atoms with E-state index in [1.54, 1.807) is 6.08 Å². The maximum Gasteiger partial charge on any atom is 0.326 e. The van der Waals surface area contributed by atoms with Crippen LogP contribution in [0, 0.1) is 0 Å². The molecule has 0 radical (unpaired) electrons. The first kappa shape index (κ1) is 16.9. The summed E-state index contributed by atoms with van der Waals surface area (Å²) in [6.45, 7) is 8.65. The van der Waals surface area contributed by atoms with Crippen LogP contribution in [0.2, 0.25) is 0 Å². The van der Waals surface area contributed by atoms with Gasteiger partial charge in [0.1, 0.15) is 11.4 Å². The fourth-order valence-corrected chi connectivity index (χ4v) is 2.40. The van der Waals surface area contributed by atoms with Gasteiger partial charge in [-0.3, -0.25) is 10.1 Å². The molecule has 23 heavy (non-hydrogen) atoms. The van der Waals surface area contributed by atoms with E-state index in [0.29, 0.717) is 12.4 Å². The lowest BCUT2D eigenvalue weighted by Crippen LogP contribution is -2.22. The van der Waals surface area contributed by atoms with Crippen LogP contribution < -0.4 is 20.3 Å². The number of amides is 3. The van der Waals surface area contributed by atoms with E-state index in [-0.39, 0.29) is 5.70 Å². The highest BCUT2D eigenvalue weighted by Gasteiger charge is 2.23. The van der Waals surface area contributed by atoms with Crippen LogP contribution in [0.4, 0.5) is 10.5 Å². The van der Waals surface area contributed by atoms with E-state index in [4.69, 9.17) is 4.74 Å². The topological polar surface area (TPSA) is 70.7 Å². The summed E-state index contributed by atoms with van der Waals surface area (Å²) in [6.07, 6.45) is 2.53. The van der Waals surface area contributed by atoms with Gasteiger partial charge in [-0.15, -0.1) is 0 Å². The zero-order valence-corrected chi connectivity index (χ0v) is 13.8. The van der Waals surface area contributed by atoms with Crippen LogP contribution in [0.15, 0.2) is 23.9 Å². The number of nitrogens with zero attached hydrogens (tertiary/aromatic N) is 1. The second kappa shape index (κ2) is 7.67. The Kier molecular flexibility index (Phi) is 5.62. The Labute approximate surface area is 136 Å². The first-order valence-electron chi connectivity index (χ1n) is 7.94. The Morgan fingerprint density at radius 1 is 1.13 bits per heavy atom. The van der Waals surface area contributed by atoms with Crippen molar-refractivity contribution in [1.82, 2.24) is 10.6 Å². The van der Waals surface area contributed by atoms with Gasteiger partial charge in [0.15, 0.2) is 0 Å². The molecule has 3 amide bonds. The Hall–Kier alpha value is -2.50. The van der Waals surface area contributed by atoms with Crippen molar-refractivity contribution in [3.63, 3.8) is 0 Å². The van der Waals surface area contributed by atoms with Gasteiger partial charge in [-0.2, -0.15) is 0 Å². The molecule has 0 bridgehead atoms. The lowest BCUT2D eigenvalue weighted by atomic mass is 10.1. The van der Waals surface area contributed by atoms with Crippen LogP contribution in [0.3, 0.4) is 0 Å². The molecule has 1 aromatic rings. The number of carbonyl (C=O) groups is 2. The van der Waals surface area contributed by atoms with E-state index in [9.17, 15) is 9.59 Å². The molecule has 1 aromatic carbocycles. The maximum atomic E-state index is 11.7. The molecule has 1 aliphatic heterocycles. The quantitative estimate of drug-likeness (QED) is 0.599. The van der Waals surface area contributed by atoms with Crippen LogP contribution in [0.1, 0.15) is 32.8 Å². The molecule has 124 valence electrons. The summed E-state index contributed by atoms with van der Waals surface area (Å²) >= 11 is 0. The molecule has 2 N–H and O–H groups in total. The zero-order chi connectivity index (χ0) is 16.8. The second-order valence-electron chi connectivity index (χ2n) is 5.21. The molecule has 0 aromatic heterocycles. The van der Waals surface area contributed by atoms with Gasteiger partial charge in [-0.1, -0.05) is 6.92 Å². The molecular weight excluding hydrogens is 294 g/mol.